The lowest BCUT2D eigenvalue weighted by atomic mass is 10.1. The van der Waals surface area contributed by atoms with Gasteiger partial charge in [-0.05, 0) is 68.3 Å². The highest BCUT2D eigenvalue weighted by Gasteiger charge is 2.32. The van der Waals surface area contributed by atoms with Gasteiger partial charge in [-0.2, -0.15) is 0 Å². The minimum absolute atomic E-state index is 0.0274. The van der Waals surface area contributed by atoms with Crippen molar-refractivity contribution in [3.8, 4) is 0 Å². The Morgan fingerprint density at radius 3 is 2.16 bits per heavy atom. The second-order valence-corrected chi connectivity index (χ2v) is 11.7. The lowest BCUT2D eigenvalue weighted by Crippen LogP contribution is -2.52. The molecule has 38 heavy (non-hydrogen) atoms. The first kappa shape index (κ1) is 29.5. The van der Waals surface area contributed by atoms with Gasteiger partial charge in [0.25, 0.3) is 10.0 Å². The van der Waals surface area contributed by atoms with Crippen LogP contribution < -0.4 is 9.62 Å². The van der Waals surface area contributed by atoms with Gasteiger partial charge >= 0.3 is 0 Å². The monoisotopic (exact) mass is 575 g/mol. The molecule has 0 aromatic heterocycles. The summed E-state index contributed by atoms with van der Waals surface area (Å²) >= 11 is 12.2. The van der Waals surface area contributed by atoms with Gasteiger partial charge in [0.15, 0.2) is 0 Å². The predicted molar refractivity (Wildman–Crippen MR) is 152 cm³/mol. The average Bonchev–Trinajstić information content (AvgIpc) is 2.91. The molecule has 0 aliphatic carbocycles. The lowest BCUT2D eigenvalue weighted by Gasteiger charge is -2.32. The highest BCUT2D eigenvalue weighted by atomic mass is 35.5. The Kier molecular flexibility index (Phi) is 10.2. The van der Waals surface area contributed by atoms with Crippen molar-refractivity contribution in [2.45, 2.75) is 50.7 Å². The van der Waals surface area contributed by atoms with Crippen LogP contribution in [0, 0.1) is 0 Å². The zero-order valence-corrected chi connectivity index (χ0v) is 23.8. The van der Waals surface area contributed by atoms with Gasteiger partial charge < -0.3 is 10.2 Å². The van der Waals surface area contributed by atoms with E-state index in [2.05, 4.69) is 5.32 Å². The summed E-state index contributed by atoms with van der Waals surface area (Å²) in [6.07, 6.45) is 0.724. The second-order valence-electron chi connectivity index (χ2n) is 8.95. The van der Waals surface area contributed by atoms with E-state index in [1.165, 1.54) is 23.1 Å². The van der Waals surface area contributed by atoms with E-state index in [1.54, 1.807) is 67.6 Å². The number of halogens is 2. The van der Waals surface area contributed by atoms with Gasteiger partial charge in [0.05, 0.1) is 10.6 Å². The third kappa shape index (κ3) is 7.49. The van der Waals surface area contributed by atoms with Gasteiger partial charge in [-0.1, -0.05) is 66.5 Å². The molecule has 2 atom stereocenters. The molecule has 3 rings (SSSR count). The molecule has 0 saturated carbocycles. The van der Waals surface area contributed by atoms with Crippen molar-refractivity contribution in [3.63, 3.8) is 0 Å². The quantitative estimate of drug-likeness (QED) is 0.326. The maximum absolute atomic E-state index is 13.8. The van der Waals surface area contributed by atoms with Gasteiger partial charge in [-0.3, -0.25) is 13.9 Å². The van der Waals surface area contributed by atoms with E-state index in [0.717, 1.165) is 16.3 Å². The summed E-state index contributed by atoms with van der Waals surface area (Å²) < 4.78 is 28.4. The summed E-state index contributed by atoms with van der Waals surface area (Å²) in [7, 11) is -4.14. The average molecular weight is 577 g/mol. The number of hydrogen-bond donors (Lipinski definition) is 1. The Morgan fingerprint density at radius 2 is 1.55 bits per heavy atom. The van der Waals surface area contributed by atoms with Crippen molar-refractivity contribution in [2.75, 3.05) is 10.8 Å². The van der Waals surface area contributed by atoms with Crippen molar-refractivity contribution >= 4 is 50.7 Å². The van der Waals surface area contributed by atoms with Crippen LogP contribution in [-0.2, 0) is 26.2 Å². The molecule has 0 aliphatic heterocycles. The normalized spacial score (nSPS) is 12.9. The Balaban J connectivity index is 2.01. The van der Waals surface area contributed by atoms with Crippen LogP contribution in [-0.4, -0.2) is 43.8 Å². The first-order chi connectivity index (χ1) is 18.0. The summed E-state index contributed by atoms with van der Waals surface area (Å²) in [5.41, 5.74) is 0.976. The smallest absolute Gasteiger partial charge is 0.264 e. The Bertz CT molecular complexity index is 1350. The third-order valence-electron chi connectivity index (χ3n) is 6.14. The van der Waals surface area contributed by atoms with Crippen molar-refractivity contribution < 1.29 is 18.0 Å². The van der Waals surface area contributed by atoms with Crippen LogP contribution in [0.3, 0.4) is 0 Å². The molecule has 3 aromatic rings. The number of sulfonamides is 1. The van der Waals surface area contributed by atoms with Crippen molar-refractivity contribution in [2.24, 2.45) is 0 Å². The highest BCUT2D eigenvalue weighted by molar-refractivity contribution is 7.92. The number of nitrogens with zero attached hydrogens (tertiary/aromatic N) is 2. The summed E-state index contributed by atoms with van der Waals surface area (Å²) in [4.78, 5) is 28.3. The van der Waals surface area contributed by atoms with Gasteiger partial charge in [-0.25, -0.2) is 8.42 Å². The highest BCUT2D eigenvalue weighted by Crippen LogP contribution is 2.27. The van der Waals surface area contributed by atoms with Crippen LogP contribution in [0.1, 0.15) is 32.8 Å². The molecule has 0 aliphatic rings. The Labute approximate surface area is 234 Å². The Hall–Kier alpha value is -3.07. The molecular formula is C28H31Cl2N3O4S. The zero-order chi connectivity index (χ0) is 27.9. The number of anilines is 1. The molecule has 0 fully saturated rings. The number of benzene rings is 3. The fraction of sp³-hybridized carbons (Fsp3) is 0.286. The van der Waals surface area contributed by atoms with Crippen molar-refractivity contribution in [1.82, 2.24) is 10.2 Å². The van der Waals surface area contributed by atoms with Crippen LogP contribution >= 0.6 is 23.2 Å². The molecule has 10 heteroatoms. The van der Waals surface area contributed by atoms with Crippen LogP contribution in [0.5, 0.6) is 0 Å². The van der Waals surface area contributed by atoms with E-state index in [9.17, 15) is 18.0 Å². The summed E-state index contributed by atoms with van der Waals surface area (Å²) in [6, 6.07) is 20.1. The Morgan fingerprint density at radius 1 is 0.895 bits per heavy atom. The molecule has 0 bridgehead atoms. The molecular weight excluding hydrogens is 545 g/mol. The minimum atomic E-state index is -4.14. The SMILES string of the molecule is CC[C@H](C)NC(=O)[C@H](C)N(Cc1ccc(Cl)cc1)C(=O)CN(c1cccc(Cl)c1)S(=O)(=O)c1ccccc1. The summed E-state index contributed by atoms with van der Waals surface area (Å²) in [5.74, 6) is -0.881. The minimum Gasteiger partial charge on any atom is -0.352 e. The first-order valence-electron chi connectivity index (χ1n) is 12.2. The molecule has 3 aromatic carbocycles. The fourth-order valence-electron chi connectivity index (χ4n) is 3.71. The van der Waals surface area contributed by atoms with Gasteiger partial charge in [0.2, 0.25) is 11.8 Å². The van der Waals surface area contributed by atoms with E-state index in [4.69, 9.17) is 23.2 Å². The van der Waals surface area contributed by atoms with Crippen LogP contribution in [0.2, 0.25) is 10.0 Å². The van der Waals surface area contributed by atoms with Crippen molar-refractivity contribution in [3.05, 3.63) is 94.5 Å². The number of carbonyl (C=O) groups excluding carboxylic acids is 2. The predicted octanol–water partition coefficient (Wildman–Crippen LogP) is 5.52. The van der Waals surface area contributed by atoms with E-state index < -0.39 is 28.5 Å². The molecule has 0 saturated heterocycles. The van der Waals surface area contributed by atoms with E-state index in [-0.39, 0.29) is 29.1 Å². The van der Waals surface area contributed by atoms with Crippen LogP contribution in [0.4, 0.5) is 5.69 Å². The maximum atomic E-state index is 13.8. The number of hydrogen-bond acceptors (Lipinski definition) is 4. The zero-order valence-electron chi connectivity index (χ0n) is 21.5. The molecule has 0 unspecified atom stereocenters. The number of nitrogens with one attached hydrogen (secondary N) is 1. The largest absolute Gasteiger partial charge is 0.352 e. The van der Waals surface area contributed by atoms with E-state index >= 15 is 0 Å². The molecule has 0 radical (unpaired) electrons. The van der Waals surface area contributed by atoms with E-state index in [1.807, 2.05) is 13.8 Å². The number of amides is 2. The number of rotatable bonds is 11. The van der Waals surface area contributed by atoms with Crippen molar-refractivity contribution in [1.29, 1.82) is 0 Å². The molecule has 0 spiro atoms. The van der Waals surface area contributed by atoms with Gasteiger partial charge in [-0.15, -0.1) is 0 Å². The lowest BCUT2D eigenvalue weighted by molar-refractivity contribution is -0.139. The standard InChI is InChI=1S/C28H31Cl2N3O4S/c1-4-20(2)31-28(35)21(3)32(18-22-13-15-23(29)16-14-22)27(34)19-33(25-10-8-9-24(30)17-25)38(36,37)26-11-6-5-7-12-26/h5-17,20-21H,4,18-19H2,1-3H3,(H,31,35)/t20-,21-/m0/s1. The van der Waals surface area contributed by atoms with Crippen LogP contribution in [0.25, 0.3) is 0 Å². The summed E-state index contributed by atoms with van der Waals surface area (Å²) in [5, 5.41) is 3.76. The van der Waals surface area contributed by atoms with Gasteiger partial charge in [0.1, 0.15) is 12.6 Å². The number of carbonyl (C=O) groups is 2. The second kappa shape index (κ2) is 13.1. The summed E-state index contributed by atoms with van der Waals surface area (Å²) in [6.45, 7) is 5.00. The molecule has 202 valence electrons. The molecule has 0 heterocycles. The molecule has 7 nitrogen and oxygen atoms in total. The van der Waals surface area contributed by atoms with Gasteiger partial charge in [0, 0.05) is 22.6 Å². The fourth-order valence-corrected chi connectivity index (χ4v) is 5.45. The van der Waals surface area contributed by atoms with Crippen LogP contribution in [0.15, 0.2) is 83.8 Å². The third-order valence-corrected chi connectivity index (χ3v) is 8.42. The first-order valence-corrected chi connectivity index (χ1v) is 14.4. The molecule has 1 N–H and O–H groups in total. The van der Waals surface area contributed by atoms with E-state index in [0.29, 0.717) is 10.0 Å². The maximum Gasteiger partial charge on any atom is 0.264 e. The topological polar surface area (TPSA) is 86.8 Å². The molecule has 2 amide bonds.